The Bertz CT molecular complexity index is 445. The van der Waals surface area contributed by atoms with E-state index in [2.05, 4.69) is 4.99 Å². The summed E-state index contributed by atoms with van der Waals surface area (Å²) in [4.78, 5) is 15.5. The van der Waals surface area contributed by atoms with Crippen LogP contribution in [0.15, 0.2) is 29.3 Å². The monoisotopic (exact) mass is 267 g/mol. The van der Waals surface area contributed by atoms with E-state index < -0.39 is 11.5 Å². The van der Waals surface area contributed by atoms with Gasteiger partial charge >= 0.3 is 5.97 Å². The Morgan fingerprint density at radius 2 is 2.17 bits per heavy atom. The Balaban J connectivity index is 2.90. The molecular formula is C14H18ClNO2. The Hall–Kier alpha value is -1.35. The van der Waals surface area contributed by atoms with Crippen LogP contribution < -0.4 is 0 Å². The maximum Gasteiger partial charge on any atom is 0.331 e. The minimum atomic E-state index is -1.07. The predicted octanol–water partition coefficient (Wildman–Crippen LogP) is 3.79. The SMILES string of the molecule is CCCC[C@@](C)(N=Cc1ccccc1Cl)C(=O)O. The van der Waals surface area contributed by atoms with Crippen molar-refractivity contribution in [2.24, 2.45) is 4.99 Å². The smallest absolute Gasteiger partial charge is 0.331 e. The van der Waals surface area contributed by atoms with E-state index in [1.165, 1.54) is 0 Å². The largest absolute Gasteiger partial charge is 0.479 e. The molecule has 0 spiro atoms. The number of rotatable bonds is 6. The fourth-order valence-electron chi connectivity index (χ4n) is 1.54. The molecule has 1 N–H and O–H groups in total. The Morgan fingerprint density at radius 1 is 1.50 bits per heavy atom. The second-order valence-electron chi connectivity index (χ2n) is 4.46. The zero-order valence-corrected chi connectivity index (χ0v) is 11.4. The summed E-state index contributed by atoms with van der Waals surface area (Å²) in [5.74, 6) is -0.903. The molecule has 0 saturated carbocycles. The third-order valence-corrected chi connectivity index (χ3v) is 3.22. The Morgan fingerprint density at radius 3 is 2.72 bits per heavy atom. The number of aliphatic imine (C=N–C) groups is 1. The van der Waals surface area contributed by atoms with E-state index >= 15 is 0 Å². The van der Waals surface area contributed by atoms with Crippen LogP contribution >= 0.6 is 11.6 Å². The first-order valence-corrected chi connectivity index (χ1v) is 6.40. The number of nitrogens with zero attached hydrogens (tertiary/aromatic N) is 1. The predicted molar refractivity (Wildman–Crippen MR) is 74.6 cm³/mol. The van der Waals surface area contributed by atoms with Crippen LogP contribution in [0.4, 0.5) is 0 Å². The van der Waals surface area contributed by atoms with Crippen LogP contribution in [-0.2, 0) is 4.79 Å². The average Bonchev–Trinajstić information content (AvgIpc) is 2.35. The molecule has 0 radical (unpaired) electrons. The first-order chi connectivity index (χ1) is 8.49. The summed E-state index contributed by atoms with van der Waals surface area (Å²) in [7, 11) is 0. The summed E-state index contributed by atoms with van der Waals surface area (Å²) in [6.07, 6.45) is 3.86. The molecule has 18 heavy (non-hydrogen) atoms. The van der Waals surface area contributed by atoms with Gasteiger partial charge < -0.3 is 5.11 Å². The van der Waals surface area contributed by atoms with Gasteiger partial charge in [0.25, 0.3) is 0 Å². The highest BCUT2D eigenvalue weighted by atomic mass is 35.5. The van der Waals surface area contributed by atoms with Crippen molar-refractivity contribution in [2.45, 2.75) is 38.6 Å². The van der Waals surface area contributed by atoms with Gasteiger partial charge in [0.15, 0.2) is 5.54 Å². The molecule has 4 heteroatoms. The van der Waals surface area contributed by atoms with Gasteiger partial charge in [-0.05, 0) is 19.4 Å². The van der Waals surface area contributed by atoms with Crippen LogP contribution in [-0.4, -0.2) is 22.8 Å². The first kappa shape index (κ1) is 14.7. The molecule has 1 rings (SSSR count). The second-order valence-corrected chi connectivity index (χ2v) is 4.87. The molecule has 1 aromatic carbocycles. The van der Waals surface area contributed by atoms with E-state index in [1.807, 2.05) is 25.1 Å². The number of aliphatic carboxylic acids is 1. The van der Waals surface area contributed by atoms with Gasteiger partial charge in [-0.1, -0.05) is 49.6 Å². The molecule has 1 aromatic rings. The van der Waals surface area contributed by atoms with Crippen molar-refractivity contribution in [1.82, 2.24) is 0 Å². The number of unbranched alkanes of at least 4 members (excludes halogenated alkanes) is 1. The highest BCUT2D eigenvalue weighted by molar-refractivity contribution is 6.33. The molecule has 0 aliphatic carbocycles. The summed E-state index contributed by atoms with van der Waals surface area (Å²) in [6.45, 7) is 3.67. The van der Waals surface area contributed by atoms with Gasteiger partial charge in [-0.25, -0.2) is 4.79 Å². The van der Waals surface area contributed by atoms with Crippen molar-refractivity contribution in [1.29, 1.82) is 0 Å². The average molecular weight is 268 g/mol. The molecule has 0 bridgehead atoms. The topological polar surface area (TPSA) is 49.7 Å². The van der Waals surface area contributed by atoms with Gasteiger partial charge in [0.05, 0.1) is 0 Å². The second kappa shape index (κ2) is 6.55. The van der Waals surface area contributed by atoms with Crippen molar-refractivity contribution in [3.05, 3.63) is 34.9 Å². The van der Waals surface area contributed by atoms with Crippen molar-refractivity contribution in [3.63, 3.8) is 0 Å². The van der Waals surface area contributed by atoms with Crippen LogP contribution in [0, 0.1) is 0 Å². The lowest BCUT2D eigenvalue weighted by atomic mass is 9.96. The Kier molecular flexibility index (Phi) is 5.35. The standard InChI is InChI=1S/C14H18ClNO2/c1-3-4-9-14(2,13(17)18)16-10-11-7-5-6-8-12(11)15/h5-8,10H,3-4,9H2,1-2H3,(H,17,18)/t14-/m1/s1. The maximum atomic E-state index is 11.3. The van der Waals surface area contributed by atoms with Gasteiger partial charge in [0.1, 0.15) is 0 Å². The molecule has 0 unspecified atom stereocenters. The summed E-state index contributed by atoms with van der Waals surface area (Å²) >= 11 is 6.00. The number of halogens is 1. The van der Waals surface area contributed by atoms with Crippen LogP contribution in [0.5, 0.6) is 0 Å². The third-order valence-electron chi connectivity index (χ3n) is 2.87. The minimum absolute atomic E-state index is 0.528. The van der Waals surface area contributed by atoms with E-state index in [0.717, 1.165) is 18.4 Å². The number of benzene rings is 1. The van der Waals surface area contributed by atoms with Gasteiger partial charge in [-0.2, -0.15) is 0 Å². The van der Waals surface area contributed by atoms with Crippen LogP contribution in [0.1, 0.15) is 38.7 Å². The molecule has 98 valence electrons. The molecule has 0 aliphatic rings. The van der Waals surface area contributed by atoms with Gasteiger partial charge in [-0.3, -0.25) is 4.99 Å². The molecule has 0 fully saturated rings. The van der Waals surface area contributed by atoms with E-state index in [9.17, 15) is 9.90 Å². The summed E-state index contributed by atoms with van der Waals surface area (Å²) in [5.41, 5.74) is -0.335. The van der Waals surface area contributed by atoms with Crippen molar-refractivity contribution < 1.29 is 9.90 Å². The summed E-state index contributed by atoms with van der Waals surface area (Å²) in [5, 5.41) is 9.83. The number of carbonyl (C=O) groups is 1. The van der Waals surface area contributed by atoms with E-state index in [-0.39, 0.29) is 0 Å². The number of hydrogen-bond acceptors (Lipinski definition) is 2. The number of hydrogen-bond donors (Lipinski definition) is 1. The van der Waals surface area contributed by atoms with Crippen molar-refractivity contribution in [3.8, 4) is 0 Å². The Labute approximate surface area is 113 Å². The summed E-state index contributed by atoms with van der Waals surface area (Å²) < 4.78 is 0. The normalized spacial score (nSPS) is 14.6. The molecule has 0 amide bonds. The minimum Gasteiger partial charge on any atom is -0.479 e. The zero-order chi connectivity index (χ0) is 13.6. The van der Waals surface area contributed by atoms with Gasteiger partial charge in [-0.15, -0.1) is 0 Å². The molecule has 3 nitrogen and oxygen atoms in total. The highest BCUT2D eigenvalue weighted by Gasteiger charge is 2.30. The molecule has 0 aliphatic heterocycles. The molecule has 1 atom stereocenters. The lowest BCUT2D eigenvalue weighted by Crippen LogP contribution is -2.33. The number of carboxylic acids is 1. The molecule has 0 heterocycles. The molecular weight excluding hydrogens is 250 g/mol. The third kappa shape index (κ3) is 3.84. The summed E-state index contributed by atoms with van der Waals surface area (Å²) in [6, 6.07) is 7.24. The molecule has 0 saturated heterocycles. The van der Waals surface area contributed by atoms with Crippen LogP contribution in [0.2, 0.25) is 5.02 Å². The van der Waals surface area contributed by atoms with Crippen molar-refractivity contribution >= 4 is 23.8 Å². The van der Waals surface area contributed by atoms with E-state index in [0.29, 0.717) is 11.4 Å². The highest BCUT2D eigenvalue weighted by Crippen LogP contribution is 2.20. The lowest BCUT2D eigenvalue weighted by molar-refractivity contribution is -0.142. The maximum absolute atomic E-state index is 11.3. The fourth-order valence-corrected chi connectivity index (χ4v) is 1.72. The first-order valence-electron chi connectivity index (χ1n) is 6.03. The van der Waals surface area contributed by atoms with E-state index in [1.54, 1.807) is 19.2 Å². The zero-order valence-electron chi connectivity index (χ0n) is 10.7. The fraction of sp³-hybridized carbons (Fsp3) is 0.429. The van der Waals surface area contributed by atoms with E-state index in [4.69, 9.17) is 11.6 Å². The molecule has 0 aromatic heterocycles. The van der Waals surface area contributed by atoms with Crippen LogP contribution in [0.25, 0.3) is 0 Å². The number of carboxylic acid groups (broad SMARTS) is 1. The quantitative estimate of drug-likeness (QED) is 0.797. The van der Waals surface area contributed by atoms with Gasteiger partial charge in [0, 0.05) is 16.8 Å². The lowest BCUT2D eigenvalue weighted by Gasteiger charge is -2.19. The van der Waals surface area contributed by atoms with Crippen molar-refractivity contribution in [2.75, 3.05) is 0 Å². The van der Waals surface area contributed by atoms with Gasteiger partial charge in [0.2, 0.25) is 0 Å². The van der Waals surface area contributed by atoms with Crippen LogP contribution in [0.3, 0.4) is 0 Å².